The highest BCUT2D eigenvalue weighted by molar-refractivity contribution is 7.98. The Balaban J connectivity index is 2.12. The lowest BCUT2D eigenvalue weighted by Crippen LogP contribution is -1.92. The molecule has 2 nitrogen and oxygen atoms in total. The van der Waals surface area contributed by atoms with Crippen LogP contribution in [-0.2, 0) is 0 Å². The molecule has 0 unspecified atom stereocenters. The van der Waals surface area contributed by atoms with Crippen LogP contribution in [0.25, 0.3) is 6.08 Å². The number of rotatable bonds is 3. The minimum Gasteiger partial charge on any atom is -0.454 e. The van der Waals surface area contributed by atoms with Crippen molar-refractivity contribution in [1.82, 2.24) is 0 Å². The molecule has 0 saturated carbocycles. The minimum atomic E-state index is 0.341. The maximum Gasteiger partial charge on any atom is 0.231 e. The molecule has 0 fully saturated rings. The van der Waals surface area contributed by atoms with Gasteiger partial charge in [0.15, 0.2) is 11.5 Å². The fourth-order valence-corrected chi connectivity index (χ4v) is 1.59. The van der Waals surface area contributed by atoms with Crippen LogP contribution < -0.4 is 9.47 Å². The number of thioether (sulfide) groups is 1. The van der Waals surface area contributed by atoms with Crippen LogP contribution in [-0.4, -0.2) is 18.8 Å². The molecule has 0 bridgehead atoms. The fraction of sp³-hybridized carbons (Fsp3) is 0.273. The van der Waals surface area contributed by atoms with Crippen molar-refractivity contribution in [2.45, 2.75) is 0 Å². The number of benzene rings is 1. The second-order valence-electron chi connectivity index (χ2n) is 2.97. The van der Waals surface area contributed by atoms with E-state index in [-0.39, 0.29) is 0 Å². The molecule has 0 N–H and O–H groups in total. The van der Waals surface area contributed by atoms with Gasteiger partial charge in [-0.25, -0.2) is 0 Å². The zero-order valence-electron chi connectivity index (χ0n) is 8.03. The van der Waals surface area contributed by atoms with Crippen LogP contribution in [0.5, 0.6) is 11.5 Å². The first-order valence-corrected chi connectivity index (χ1v) is 5.84. The summed E-state index contributed by atoms with van der Waals surface area (Å²) in [6.45, 7) is 0.341. The van der Waals surface area contributed by atoms with Crippen LogP contribution in [0.1, 0.15) is 5.56 Å². The summed E-state index contributed by atoms with van der Waals surface area (Å²) >= 11 is 1.80. The third-order valence-electron chi connectivity index (χ3n) is 1.97. The zero-order chi connectivity index (χ0) is 9.80. The van der Waals surface area contributed by atoms with Crippen LogP contribution in [0.4, 0.5) is 0 Å². The number of hydrogen-bond donors (Lipinski definition) is 0. The maximum absolute atomic E-state index is 5.28. The number of hydrogen-bond acceptors (Lipinski definition) is 3. The van der Waals surface area contributed by atoms with Gasteiger partial charge in [0.25, 0.3) is 0 Å². The molecule has 1 aromatic rings. The van der Waals surface area contributed by atoms with Gasteiger partial charge in [0.2, 0.25) is 6.79 Å². The zero-order valence-corrected chi connectivity index (χ0v) is 8.84. The highest BCUT2D eigenvalue weighted by Crippen LogP contribution is 2.32. The Kier molecular flexibility index (Phi) is 2.99. The Hall–Kier alpha value is -1.09. The Morgan fingerprint density at radius 2 is 2.21 bits per heavy atom. The Labute approximate surface area is 87.9 Å². The molecule has 3 heteroatoms. The lowest BCUT2D eigenvalue weighted by Gasteiger charge is -1.97. The van der Waals surface area contributed by atoms with Crippen LogP contribution in [0.15, 0.2) is 24.3 Å². The Morgan fingerprint density at radius 3 is 3.07 bits per heavy atom. The summed E-state index contributed by atoms with van der Waals surface area (Å²) in [5.41, 5.74) is 1.16. The van der Waals surface area contributed by atoms with Crippen LogP contribution in [0.2, 0.25) is 0 Å². The predicted molar refractivity (Wildman–Crippen MR) is 60.0 cm³/mol. The van der Waals surface area contributed by atoms with Crippen molar-refractivity contribution in [2.75, 3.05) is 18.8 Å². The van der Waals surface area contributed by atoms with Crippen LogP contribution in [0, 0.1) is 0 Å². The Morgan fingerprint density at radius 1 is 1.36 bits per heavy atom. The first kappa shape index (κ1) is 9.46. The molecule has 14 heavy (non-hydrogen) atoms. The Bertz CT molecular complexity index is 347. The van der Waals surface area contributed by atoms with Gasteiger partial charge >= 0.3 is 0 Å². The number of ether oxygens (including phenoxy) is 2. The molecule has 0 spiro atoms. The smallest absolute Gasteiger partial charge is 0.231 e. The lowest BCUT2D eigenvalue weighted by molar-refractivity contribution is 0.174. The summed E-state index contributed by atoms with van der Waals surface area (Å²) in [5.74, 6) is 2.72. The van der Waals surface area contributed by atoms with Gasteiger partial charge in [-0.1, -0.05) is 18.2 Å². The van der Waals surface area contributed by atoms with Crippen molar-refractivity contribution in [3.8, 4) is 11.5 Å². The van der Waals surface area contributed by atoms with Gasteiger partial charge < -0.3 is 9.47 Å². The molecule has 0 saturated heterocycles. The summed E-state index contributed by atoms with van der Waals surface area (Å²) in [6.07, 6.45) is 6.32. The molecule has 1 heterocycles. The van der Waals surface area contributed by atoms with E-state index in [1.165, 1.54) is 0 Å². The van der Waals surface area contributed by atoms with Crippen molar-refractivity contribution in [3.05, 3.63) is 29.8 Å². The van der Waals surface area contributed by atoms with Gasteiger partial charge in [-0.15, -0.1) is 0 Å². The first-order valence-electron chi connectivity index (χ1n) is 4.45. The second-order valence-corrected chi connectivity index (χ2v) is 3.88. The highest BCUT2D eigenvalue weighted by Gasteiger charge is 2.11. The van der Waals surface area contributed by atoms with E-state index in [1.807, 2.05) is 18.2 Å². The van der Waals surface area contributed by atoms with Crippen LogP contribution >= 0.6 is 11.8 Å². The highest BCUT2D eigenvalue weighted by atomic mass is 32.2. The third-order valence-corrected chi connectivity index (χ3v) is 2.50. The van der Waals surface area contributed by atoms with E-state index in [0.717, 1.165) is 22.8 Å². The third kappa shape index (κ3) is 2.04. The topological polar surface area (TPSA) is 18.5 Å². The van der Waals surface area contributed by atoms with Crippen molar-refractivity contribution in [2.24, 2.45) is 0 Å². The van der Waals surface area contributed by atoms with Gasteiger partial charge in [0.1, 0.15) is 0 Å². The van der Waals surface area contributed by atoms with E-state index < -0.39 is 0 Å². The summed E-state index contributed by atoms with van der Waals surface area (Å²) < 4.78 is 10.5. The molecule has 0 amide bonds. The van der Waals surface area contributed by atoms with Gasteiger partial charge in [-0.05, 0) is 24.0 Å². The predicted octanol–water partition coefficient (Wildman–Crippen LogP) is 2.79. The molecule has 0 radical (unpaired) electrons. The normalized spacial score (nSPS) is 13.8. The van der Waals surface area contributed by atoms with E-state index in [4.69, 9.17) is 9.47 Å². The molecule has 0 aromatic heterocycles. The van der Waals surface area contributed by atoms with E-state index in [1.54, 1.807) is 11.8 Å². The van der Waals surface area contributed by atoms with E-state index in [2.05, 4.69) is 18.4 Å². The quantitative estimate of drug-likeness (QED) is 0.761. The monoisotopic (exact) mass is 208 g/mol. The molecule has 0 atom stereocenters. The molecule has 2 rings (SSSR count). The van der Waals surface area contributed by atoms with Gasteiger partial charge in [0.05, 0.1) is 0 Å². The molecule has 1 aliphatic heterocycles. The van der Waals surface area contributed by atoms with Crippen molar-refractivity contribution < 1.29 is 9.47 Å². The van der Waals surface area contributed by atoms with Gasteiger partial charge in [-0.3, -0.25) is 0 Å². The minimum absolute atomic E-state index is 0.341. The average Bonchev–Trinajstić information content (AvgIpc) is 2.65. The fourth-order valence-electron chi connectivity index (χ4n) is 1.30. The van der Waals surface area contributed by atoms with Crippen LogP contribution in [0.3, 0.4) is 0 Å². The molecule has 1 aromatic carbocycles. The molecule has 74 valence electrons. The van der Waals surface area contributed by atoms with Crippen molar-refractivity contribution in [3.63, 3.8) is 0 Å². The summed E-state index contributed by atoms with van der Waals surface area (Å²) in [4.78, 5) is 0. The first-order chi connectivity index (χ1) is 6.90. The largest absolute Gasteiger partial charge is 0.454 e. The summed E-state index contributed by atoms with van der Waals surface area (Å²) in [5, 5.41) is 0. The van der Waals surface area contributed by atoms with Gasteiger partial charge in [0, 0.05) is 5.75 Å². The molecular weight excluding hydrogens is 196 g/mol. The molecule has 1 aliphatic rings. The standard InChI is InChI=1S/C11H12O2S/c1-14-6-2-3-9-4-5-10-11(7-9)13-8-12-10/h2-5,7H,6,8H2,1H3. The number of fused-ring (bicyclic) bond motifs is 1. The van der Waals surface area contributed by atoms with E-state index in [9.17, 15) is 0 Å². The SMILES string of the molecule is CSCC=Cc1ccc2c(c1)OCO2. The van der Waals surface area contributed by atoms with Crippen molar-refractivity contribution >= 4 is 17.8 Å². The second kappa shape index (κ2) is 4.42. The maximum atomic E-state index is 5.28. The lowest BCUT2D eigenvalue weighted by atomic mass is 10.2. The van der Waals surface area contributed by atoms with Crippen molar-refractivity contribution in [1.29, 1.82) is 0 Å². The van der Waals surface area contributed by atoms with E-state index in [0.29, 0.717) is 6.79 Å². The molecule has 0 aliphatic carbocycles. The van der Waals surface area contributed by atoms with E-state index >= 15 is 0 Å². The summed E-state index contributed by atoms with van der Waals surface area (Å²) in [7, 11) is 0. The average molecular weight is 208 g/mol. The molecular formula is C11H12O2S. The van der Waals surface area contributed by atoms with Gasteiger partial charge in [-0.2, -0.15) is 11.8 Å². The summed E-state index contributed by atoms with van der Waals surface area (Å²) in [6, 6.07) is 5.98.